The average molecular weight is 243 g/mol. The number of nitrogens with zero attached hydrogens (tertiary/aromatic N) is 1. The van der Waals surface area contributed by atoms with E-state index in [2.05, 4.69) is 0 Å². The molecule has 1 aliphatic rings. The molecular formula is C14H13NO3. The molecular weight excluding hydrogens is 230 g/mol. The van der Waals surface area contributed by atoms with Gasteiger partial charge >= 0.3 is 0 Å². The molecule has 0 saturated carbocycles. The van der Waals surface area contributed by atoms with Crippen molar-refractivity contribution in [2.75, 3.05) is 14.2 Å². The molecule has 18 heavy (non-hydrogen) atoms. The summed E-state index contributed by atoms with van der Waals surface area (Å²) in [4.78, 5) is 13.5. The first-order valence-electron chi connectivity index (χ1n) is 5.70. The van der Waals surface area contributed by atoms with E-state index in [1.165, 1.54) is 4.90 Å². The Balaban J connectivity index is 2.45. The molecule has 0 bridgehead atoms. The van der Waals surface area contributed by atoms with E-state index < -0.39 is 6.23 Å². The lowest BCUT2D eigenvalue weighted by molar-refractivity contribution is 0.0174. The van der Waals surface area contributed by atoms with Gasteiger partial charge in [0, 0.05) is 28.9 Å². The molecule has 1 amide bonds. The summed E-state index contributed by atoms with van der Waals surface area (Å²) < 4.78 is 5.30. The second kappa shape index (κ2) is 3.71. The van der Waals surface area contributed by atoms with Gasteiger partial charge < -0.3 is 14.7 Å². The van der Waals surface area contributed by atoms with Crippen LogP contribution in [0.2, 0.25) is 0 Å². The number of amides is 1. The lowest BCUT2D eigenvalue weighted by Gasteiger charge is -2.30. The number of aliphatic hydroxyl groups is 1. The number of hydrogen-bond donors (Lipinski definition) is 1. The van der Waals surface area contributed by atoms with Gasteiger partial charge in [-0.1, -0.05) is 18.2 Å². The third-order valence-electron chi connectivity index (χ3n) is 3.45. The highest BCUT2D eigenvalue weighted by Gasteiger charge is 2.30. The van der Waals surface area contributed by atoms with Crippen LogP contribution in [-0.4, -0.2) is 30.1 Å². The first kappa shape index (κ1) is 11.0. The van der Waals surface area contributed by atoms with E-state index in [1.807, 2.05) is 18.2 Å². The molecule has 1 atom stereocenters. The molecule has 4 heteroatoms. The van der Waals surface area contributed by atoms with Gasteiger partial charge in [-0.15, -0.1) is 0 Å². The monoisotopic (exact) mass is 243 g/mol. The maximum Gasteiger partial charge on any atom is 0.256 e. The molecule has 0 fully saturated rings. The van der Waals surface area contributed by atoms with Gasteiger partial charge in [0.2, 0.25) is 0 Å². The van der Waals surface area contributed by atoms with Crippen molar-refractivity contribution in [1.29, 1.82) is 0 Å². The second-order valence-corrected chi connectivity index (χ2v) is 4.37. The smallest absolute Gasteiger partial charge is 0.256 e. The zero-order chi connectivity index (χ0) is 12.9. The zero-order valence-corrected chi connectivity index (χ0v) is 10.2. The molecule has 2 aromatic rings. The van der Waals surface area contributed by atoms with Gasteiger partial charge in [0.15, 0.2) is 6.23 Å². The van der Waals surface area contributed by atoms with Crippen LogP contribution in [0, 0.1) is 0 Å². The molecule has 1 aliphatic heterocycles. The quantitative estimate of drug-likeness (QED) is 0.832. The van der Waals surface area contributed by atoms with Crippen molar-refractivity contribution in [2.45, 2.75) is 6.23 Å². The lowest BCUT2D eigenvalue weighted by Crippen LogP contribution is -2.34. The molecule has 92 valence electrons. The Morgan fingerprint density at radius 3 is 2.78 bits per heavy atom. The Hall–Kier alpha value is -2.07. The number of aliphatic hydroxyl groups excluding tert-OH is 1. The Bertz CT molecular complexity index is 651. The third kappa shape index (κ3) is 1.26. The minimum absolute atomic E-state index is 0.172. The van der Waals surface area contributed by atoms with Gasteiger partial charge in [0.05, 0.1) is 7.11 Å². The Labute approximate surface area is 104 Å². The SMILES string of the molecule is COc1ccc2c3c(cccc13)C(O)N(C)C2=O. The second-order valence-electron chi connectivity index (χ2n) is 4.37. The van der Waals surface area contributed by atoms with Crippen LogP contribution in [0.1, 0.15) is 22.1 Å². The van der Waals surface area contributed by atoms with Gasteiger partial charge in [-0.2, -0.15) is 0 Å². The van der Waals surface area contributed by atoms with E-state index in [0.29, 0.717) is 11.3 Å². The van der Waals surface area contributed by atoms with Gasteiger partial charge in [0.25, 0.3) is 5.91 Å². The van der Waals surface area contributed by atoms with E-state index in [0.717, 1.165) is 16.3 Å². The van der Waals surface area contributed by atoms with Crippen LogP contribution in [0.15, 0.2) is 30.3 Å². The van der Waals surface area contributed by atoms with Crippen molar-refractivity contribution in [3.05, 3.63) is 41.5 Å². The van der Waals surface area contributed by atoms with Crippen LogP contribution < -0.4 is 4.74 Å². The van der Waals surface area contributed by atoms with Crippen molar-refractivity contribution in [3.8, 4) is 5.75 Å². The first-order valence-corrected chi connectivity index (χ1v) is 5.70. The fourth-order valence-electron chi connectivity index (χ4n) is 2.49. The molecule has 0 radical (unpaired) electrons. The molecule has 0 saturated heterocycles. The fourth-order valence-corrected chi connectivity index (χ4v) is 2.49. The highest BCUT2D eigenvalue weighted by Crippen LogP contribution is 2.38. The third-order valence-corrected chi connectivity index (χ3v) is 3.45. The van der Waals surface area contributed by atoms with Gasteiger partial charge in [-0.25, -0.2) is 0 Å². The van der Waals surface area contributed by atoms with Crippen molar-refractivity contribution in [3.63, 3.8) is 0 Å². The van der Waals surface area contributed by atoms with Gasteiger partial charge in [0.1, 0.15) is 5.75 Å². The van der Waals surface area contributed by atoms with E-state index >= 15 is 0 Å². The number of benzene rings is 2. The molecule has 0 aromatic heterocycles. The largest absolute Gasteiger partial charge is 0.496 e. The minimum Gasteiger partial charge on any atom is -0.496 e. The number of carbonyl (C=O) groups excluding carboxylic acids is 1. The summed E-state index contributed by atoms with van der Waals surface area (Å²) in [5, 5.41) is 11.8. The summed E-state index contributed by atoms with van der Waals surface area (Å²) in [6.45, 7) is 0. The Morgan fingerprint density at radius 2 is 2.06 bits per heavy atom. The summed E-state index contributed by atoms with van der Waals surface area (Å²) in [6, 6.07) is 9.11. The molecule has 1 N–H and O–H groups in total. The highest BCUT2D eigenvalue weighted by atomic mass is 16.5. The first-order chi connectivity index (χ1) is 8.65. The normalized spacial score (nSPS) is 18.3. The van der Waals surface area contributed by atoms with E-state index in [9.17, 15) is 9.90 Å². The topological polar surface area (TPSA) is 49.8 Å². The maximum atomic E-state index is 12.1. The molecule has 2 aromatic carbocycles. The summed E-state index contributed by atoms with van der Waals surface area (Å²) >= 11 is 0. The lowest BCUT2D eigenvalue weighted by atomic mass is 9.93. The van der Waals surface area contributed by atoms with Crippen LogP contribution in [0.4, 0.5) is 0 Å². The molecule has 1 heterocycles. The summed E-state index contributed by atoms with van der Waals surface area (Å²) in [5.41, 5.74) is 1.35. The van der Waals surface area contributed by atoms with Crippen LogP contribution in [-0.2, 0) is 0 Å². The number of methoxy groups -OCH3 is 1. The van der Waals surface area contributed by atoms with Gasteiger partial charge in [-0.05, 0) is 12.1 Å². The predicted octanol–water partition coefficient (Wildman–Crippen LogP) is 1.92. The van der Waals surface area contributed by atoms with Crippen molar-refractivity contribution >= 4 is 16.7 Å². The van der Waals surface area contributed by atoms with Crippen LogP contribution in [0.5, 0.6) is 5.75 Å². The molecule has 0 aliphatic carbocycles. The van der Waals surface area contributed by atoms with Crippen molar-refractivity contribution in [2.24, 2.45) is 0 Å². The van der Waals surface area contributed by atoms with Crippen LogP contribution in [0.3, 0.4) is 0 Å². The van der Waals surface area contributed by atoms with Gasteiger partial charge in [-0.3, -0.25) is 4.79 Å². The Kier molecular flexibility index (Phi) is 2.28. The maximum absolute atomic E-state index is 12.1. The predicted molar refractivity (Wildman–Crippen MR) is 67.6 cm³/mol. The fraction of sp³-hybridized carbons (Fsp3) is 0.214. The van der Waals surface area contributed by atoms with Crippen molar-refractivity contribution < 1.29 is 14.6 Å². The highest BCUT2D eigenvalue weighted by molar-refractivity contribution is 6.11. The molecule has 1 unspecified atom stereocenters. The molecule has 4 nitrogen and oxygen atoms in total. The summed E-state index contributed by atoms with van der Waals surface area (Å²) in [6.07, 6.45) is -0.902. The molecule has 3 rings (SSSR count). The summed E-state index contributed by atoms with van der Waals surface area (Å²) in [7, 11) is 3.19. The number of hydrogen-bond acceptors (Lipinski definition) is 3. The minimum atomic E-state index is -0.902. The van der Waals surface area contributed by atoms with Crippen LogP contribution >= 0.6 is 0 Å². The molecule has 0 spiro atoms. The number of rotatable bonds is 1. The van der Waals surface area contributed by atoms with Crippen molar-refractivity contribution in [1.82, 2.24) is 4.90 Å². The van der Waals surface area contributed by atoms with Crippen LogP contribution in [0.25, 0.3) is 10.8 Å². The number of ether oxygens (including phenoxy) is 1. The standard InChI is InChI=1S/C14H13NO3/c1-15-13(16)9-5-3-4-8-11(18-2)7-6-10(12(8)9)14(15)17/h3-7,13,16H,1-2H3. The summed E-state index contributed by atoms with van der Waals surface area (Å²) in [5.74, 6) is 0.536. The zero-order valence-electron chi connectivity index (χ0n) is 10.2. The van der Waals surface area contributed by atoms with E-state index in [4.69, 9.17) is 4.74 Å². The number of carbonyl (C=O) groups is 1. The Morgan fingerprint density at radius 1 is 1.28 bits per heavy atom. The van der Waals surface area contributed by atoms with E-state index in [1.54, 1.807) is 26.3 Å². The average Bonchev–Trinajstić information content (AvgIpc) is 2.41. The van der Waals surface area contributed by atoms with E-state index in [-0.39, 0.29) is 5.91 Å².